The molecule has 0 spiro atoms. The van der Waals surface area contributed by atoms with Gasteiger partial charge in [0, 0.05) is 23.5 Å². The van der Waals surface area contributed by atoms with Crippen molar-refractivity contribution >= 4 is 16.7 Å². The Morgan fingerprint density at radius 3 is 1.53 bits per heavy atom. The molecule has 0 aromatic carbocycles. The van der Waals surface area contributed by atoms with Crippen LogP contribution in [0, 0.1) is 0 Å². The largest absolute Gasteiger partial charge is 0 e. The number of hydrogen-bond donors (Lipinski definition) is 0. The van der Waals surface area contributed by atoms with Gasteiger partial charge in [-0.1, -0.05) is 39.0 Å². The molecule has 0 aliphatic rings. The van der Waals surface area contributed by atoms with Crippen LogP contribution in [0.5, 0.6) is 0 Å². The zero-order chi connectivity index (χ0) is 13.1. The quantitative estimate of drug-likeness (QED) is 0.394. The fourth-order valence-electron chi connectivity index (χ4n) is 1.01. The maximum atomic E-state index is 9.89. The minimum Gasteiger partial charge on any atom is 0 e. The Hall–Kier alpha value is 0.568. The first-order valence-corrected chi connectivity index (χ1v) is 6.51. The van der Waals surface area contributed by atoms with Crippen LogP contribution < -0.4 is 0 Å². The third-order valence-corrected chi connectivity index (χ3v) is 1.68. The van der Waals surface area contributed by atoms with E-state index >= 15 is 0 Å². The van der Waals surface area contributed by atoms with E-state index in [1.165, 1.54) is 32.1 Å². The van der Waals surface area contributed by atoms with Crippen LogP contribution in [-0.2, 0) is 63.5 Å². The van der Waals surface area contributed by atoms with Crippen molar-refractivity contribution < 1.29 is 63.5 Å². The summed E-state index contributed by atoms with van der Waals surface area (Å²) in [6, 6.07) is 0. The molecule has 0 bridgehead atoms. The number of hydrogen-bond acceptors (Lipinski definition) is 3. The van der Waals surface area contributed by atoms with E-state index in [4.69, 9.17) is 9.59 Å². The molecule has 6 heteroatoms. The van der Waals surface area contributed by atoms with Gasteiger partial charge in [-0.3, -0.25) is 0 Å². The van der Waals surface area contributed by atoms with Crippen molar-refractivity contribution in [3.63, 3.8) is 0 Å². The Balaban J connectivity index is -0.000000102. The molecule has 0 amide bonds. The topological polar surface area (TPSA) is 51.2 Å². The second-order valence-corrected chi connectivity index (χ2v) is 3.41. The molecule has 0 N–H and O–H groups in total. The first kappa shape index (κ1) is 26.2. The normalized spacial score (nSPS) is 7.24. The zero-order valence-corrected chi connectivity index (χ0v) is 13.3. The van der Waals surface area contributed by atoms with Gasteiger partial charge in [0.1, 0.15) is 6.29 Å². The molecule has 0 fully saturated rings. The predicted molar refractivity (Wildman–Crippen MR) is 57.6 cm³/mol. The summed E-state index contributed by atoms with van der Waals surface area (Å²) >= 11 is 5.61. The predicted octanol–water partition coefficient (Wildman–Crippen LogP) is 2.38. The Labute approximate surface area is 131 Å². The van der Waals surface area contributed by atoms with Crippen molar-refractivity contribution in [3.05, 3.63) is 0 Å². The molecule has 0 aromatic heterocycles. The van der Waals surface area contributed by atoms with E-state index in [0.717, 1.165) is 19.1 Å². The van der Waals surface area contributed by atoms with E-state index in [1.807, 2.05) is 0 Å². The smallest absolute Gasteiger partial charge is 0 e. The number of unbranched alkanes of at least 4 members (excludes halogenated alkanes) is 6. The summed E-state index contributed by atoms with van der Waals surface area (Å²) in [6.45, 7) is 2.21. The van der Waals surface area contributed by atoms with Gasteiger partial charge in [-0.25, -0.2) is 0 Å². The summed E-state index contributed by atoms with van der Waals surface area (Å²) in [5.74, 6) is 0. The average Bonchev–Trinajstić information content (AvgIpc) is 2.26. The van der Waals surface area contributed by atoms with Gasteiger partial charge in [0.25, 0.3) is 0 Å². The summed E-state index contributed by atoms with van der Waals surface area (Å²) in [6.07, 6.45) is 9.39. The van der Waals surface area contributed by atoms with Crippen LogP contribution in [0.3, 0.4) is 0 Å². The van der Waals surface area contributed by atoms with Gasteiger partial charge in [0.15, 0.2) is 0 Å². The van der Waals surface area contributed by atoms with Crippen molar-refractivity contribution in [1.82, 2.24) is 0 Å². The SMILES string of the molecule is CCCCCCCCC=O.O=[CH][Fe].O=[CH][Fe].[Fe]. The standard InChI is InChI=1S/C9H18O.2CHO.3Fe/c1-2-3-4-5-6-7-8-9-10;2*1-2;;;/h9H,2-8H2,1H3;2*1H;;;. The third kappa shape index (κ3) is 61.4. The molecule has 106 valence electrons. The summed E-state index contributed by atoms with van der Waals surface area (Å²) in [5, 5.41) is 1.00. The van der Waals surface area contributed by atoms with Gasteiger partial charge < -0.3 is 4.79 Å². The summed E-state index contributed by atoms with van der Waals surface area (Å²) in [5.41, 5.74) is 0. The molecule has 0 atom stereocenters. The molecule has 0 aliphatic heterocycles. The van der Waals surface area contributed by atoms with Crippen molar-refractivity contribution in [2.45, 2.75) is 51.9 Å². The van der Waals surface area contributed by atoms with Crippen molar-refractivity contribution in [1.29, 1.82) is 0 Å². The minimum absolute atomic E-state index is 0. The van der Waals surface area contributed by atoms with Crippen molar-refractivity contribution in [2.24, 2.45) is 0 Å². The van der Waals surface area contributed by atoms with Crippen LogP contribution in [0.1, 0.15) is 51.9 Å². The van der Waals surface area contributed by atoms with Crippen LogP contribution >= 0.6 is 0 Å². The maximum Gasteiger partial charge on any atom is 0 e. The second kappa shape index (κ2) is 36.0. The van der Waals surface area contributed by atoms with Crippen molar-refractivity contribution in [3.8, 4) is 0 Å². The van der Waals surface area contributed by atoms with Crippen LogP contribution in [0.4, 0.5) is 0 Å². The fourth-order valence-corrected chi connectivity index (χ4v) is 1.01. The van der Waals surface area contributed by atoms with E-state index in [0.29, 0.717) is 10.4 Å². The number of aldehydes is 1. The molecule has 17 heavy (non-hydrogen) atoms. The first-order valence-electron chi connectivity index (χ1n) is 5.23. The van der Waals surface area contributed by atoms with Gasteiger partial charge in [0.05, 0.1) is 0 Å². The summed E-state index contributed by atoms with van der Waals surface area (Å²) in [4.78, 5) is 27.3. The van der Waals surface area contributed by atoms with Gasteiger partial charge in [-0.2, -0.15) is 0 Å². The Morgan fingerprint density at radius 1 is 0.824 bits per heavy atom. The first-order chi connectivity index (χ1) is 7.74. The van der Waals surface area contributed by atoms with Crippen LogP contribution in [0.25, 0.3) is 0 Å². The summed E-state index contributed by atoms with van der Waals surface area (Å²) < 4.78 is 0. The Morgan fingerprint density at radius 2 is 1.18 bits per heavy atom. The fraction of sp³-hybridized carbons (Fsp3) is 0.727. The van der Waals surface area contributed by atoms with E-state index < -0.39 is 0 Å². The zero-order valence-electron chi connectivity index (χ0n) is 9.97. The number of carbonyl (C=O) groups is 3. The molecule has 3 nitrogen and oxygen atoms in total. The Kier molecular flexibility index (Phi) is 55.4. The molecule has 0 heterocycles. The molecular formula is C11H20Fe3O3. The molecule has 0 radical (unpaired) electrons. The van der Waals surface area contributed by atoms with Crippen molar-refractivity contribution in [2.75, 3.05) is 0 Å². The van der Waals surface area contributed by atoms with Gasteiger partial charge in [-0.05, 0) is 6.42 Å². The monoisotopic (exact) mass is 368 g/mol. The van der Waals surface area contributed by atoms with E-state index in [1.54, 1.807) is 0 Å². The van der Waals surface area contributed by atoms with E-state index in [-0.39, 0.29) is 17.1 Å². The molecule has 0 aromatic rings. The molecule has 0 aliphatic carbocycles. The van der Waals surface area contributed by atoms with E-state index in [9.17, 15) is 4.79 Å². The molecule has 0 unspecified atom stereocenters. The van der Waals surface area contributed by atoms with Gasteiger partial charge >= 0.3 is 52.0 Å². The Bertz CT molecular complexity index is 138. The van der Waals surface area contributed by atoms with Gasteiger partial charge in [-0.15, -0.1) is 0 Å². The minimum atomic E-state index is 0. The van der Waals surface area contributed by atoms with Crippen LogP contribution in [0.2, 0.25) is 0 Å². The molecule has 0 saturated heterocycles. The number of rotatable bonds is 7. The van der Waals surface area contributed by atoms with Crippen LogP contribution in [-0.4, -0.2) is 16.7 Å². The third-order valence-electron chi connectivity index (χ3n) is 1.68. The van der Waals surface area contributed by atoms with E-state index in [2.05, 4.69) is 38.9 Å². The maximum absolute atomic E-state index is 9.89. The molecule has 0 saturated carbocycles. The molecular weight excluding hydrogens is 348 g/mol. The average molecular weight is 368 g/mol. The van der Waals surface area contributed by atoms with Crippen LogP contribution in [0.15, 0.2) is 0 Å². The van der Waals surface area contributed by atoms with Gasteiger partial charge in [0.2, 0.25) is 0 Å². The summed E-state index contributed by atoms with van der Waals surface area (Å²) in [7, 11) is 0. The molecule has 0 rings (SSSR count). The number of carbonyl (C=O) groups excluding carboxylic acids is 3. The second-order valence-electron chi connectivity index (χ2n) is 2.89.